The minimum absolute atomic E-state index is 0.00648. The summed E-state index contributed by atoms with van der Waals surface area (Å²) in [7, 11) is 2.07. The Balaban J connectivity index is 1.99. The Bertz CT molecular complexity index is 536. The Labute approximate surface area is 101 Å². The molecular formula is C15H15NO. The lowest BCUT2D eigenvalue weighted by molar-refractivity contribution is 0.235. The molecule has 1 aliphatic rings. The summed E-state index contributed by atoms with van der Waals surface area (Å²) in [5, 5.41) is 0. The Morgan fingerprint density at radius 3 is 2.59 bits per heavy atom. The van der Waals surface area contributed by atoms with Gasteiger partial charge in [0.1, 0.15) is 5.75 Å². The van der Waals surface area contributed by atoms with Crippen LogP contribution in [0.3, 0.4) is 0 Å². The van der Waals surface area contributed by atoms with Crippen molar-refractivity contribution in [3.63, 3.8) is 0 Å². The Morgan fingerprint density at radius 1 is 1.06 bits per heavy atom. The van der Waals surface area contributed by atoms with Crippen LogP contribution in [0.15, 0.2) is 48.5 Å². The van der Waals surface area contributed by atoms with Gasteiger partial charge in [0.2, 0.25) is 0 Å². The summed E-state index contributed by atoms with van der Waals surface area (Å²) in [6, 6.07) is 16.6. The molecule has 2 aromatic rings. The van der Waals surface area contributed by atoms with E-state index in [4.69, 9.17) is 4.74 Å². The van der Waals surface area contributed by atoms with Gasteiger partial charge in [-0.05, 0) is 24.6 Å². The second-order valence-electron chi connectivity index (χ2n) is 4.46. The number of ether oxygens (including phenoxy) is 1. The summed E-state index contributed by atoms with van der Waals surface area (Å²) in [5.74, 6) is 0.965. The first kappa shape index (κ1) is 10.2. The number of rotatable bonds is 1. The van der Waals surface area contributed by atoms with Gasteiger partial charge in [-0.3, -0.25) is 0 Å². The molecule has 0 spiro atoms. The summed E-state index contributed by atoms with van der Waals surface area (Å²) < 4.78 is 5.99. The second kappa shape index (κ2) is 3.81. The van der Waals surface area contributed by atoms with Crippen LogP contribution < -0.4 is 9.64 Å². The van der Waals surface area contributed by atoms with Gasteiger partial charge in [0.05, 0.1) is 5.69 Å². The first-order chi connectivity index (χ1) is 8.25. The van der Waals surface area contributed by atoms with Crippen LogP contribution in [-0.4, -0.2) is 7.05 Å². The molecule has 1 heterocycles. The summed E-state index contributed by atoms with van der Waals surface area (Å²) >= 11 is 0. The molecule has 2 heteroatoms. The van der Waals surface area contributed by atoms with E-state index in [1.165, 1.54) is 16.8 Å². The number of hydrogen-bond acceptors (Lipinski definition) is 2. The van der Waals surface area contributed by atoms with Crippen molar-refractivity contribution in [1.29, 1.82) is 0 Å². The van der Waals surface area contributed by atoms with Gasteiger partial charge in [0.15, 0.2) is 6.23 Å². The van der Waals surface area contributed by atoms with Crippen LogP contribution in [0.1, 0.15) is 17.4 Å². The fourth-order valence-electron chi connectivity index (χ4n) is 2.24. The average molecular weight is 225 g/mol. The van der Waals surface area contributed by atoms with Crippen molar-refractivity contribution in [2.75, 3.05) is 11.9 Å². The van der Waals surface area contributed by atoms with Crippen LogP contribution in [0.2, 0.25) is 0 Å². The third-order valence-electron chi connectivity index (χ3n) is 3.17. The van der Waals surface area contributed by atoms with Crippen molar-refractivity contribution in [2.24, 2.45) is 0 Å². The average Bonchev–Trinajstić information content (AvgIpc) is 2.68. The fraction of sp³-hybridized carbons (Fsp3) is 0.200. The van der Waals surface area contributed by atoms with Gasteiger partial charge in [-0.2, -0.15) is 0 Å². The highest BCUT2D eigenvalue weighted by atomic mass is 16.5. The molecule has 0 aromatic heterocycles. The topological polar surface area (TPSA) is 12.5 Å². The third-order valence-corrected chi connectivity index (χ3v) is 3.17. The fourth-order valence-corrected chi connectivity index (χ4v) is 2.24. The van der Waals surface area contributed by atoms with E-state index in [2.05, 4.69) is 43.1 Å². The van der Waals surface area contributed by atoms with Gasteiger partial charge in [-0.15, -0.1) is 0 Å². The molecule has 0 saturated carbocycles. The van der Waals surface area contributed by atoms with E-state index < -0.39 is 0 Å². The Morgan fingerprint density at radius 2 is 1.82 bits per heavy atom. The molecule has 0 fully saturated rings. The van der Waals surface area contributed by atoms with Crippen molar-refractivity contribution < 1.29 is 4.74 Å². The summed E-state index contributed by atoms with van der Waals surface area (Å²) in [6.07, 6.45) is -0.00648. The van der Waals surface area contributed by atoms with Gasteiger partial charge >= 0.3 is 0 Å². The normalized spacial score (nSPS) is 17.8. The molecule has 0 aliphatic carbocycles. The predicted molar refractivity (Wildman–Crippen MR) is 69.4 cm³/mol. The van der Waals surface area contributed by atoms with E-state index in [1.807, 2.05) is 24.3 Å². The maximum Gasteiger partial charge on any atom is 0.198 e. The molecule has 0 bridgehead atoms. The molecule has 1 atom stereocenters. The monoisotopic (exact) mass is 225 g/mol. The van der Waals surface area contributed by atoms with E-state index in [-0.39, 0.29) is 6.23 Å². The first-order valence-corrected chi connectivity index (χ1v) is 5.81. The van der Waals surface area contributed by atoms with Gasteiger partial charge < -0.3 is 9.64 Å². The molecular weight excluding hydrogens is 210 g/mol. The van der Waals surface area contributed by atoms with Crippen molar-refractivity contribution in [3.05, 3.63) is 59.7 Å². The zero-order valence-electron chi connectivity index (χ0n) is 10.1. The van der Waals surface area contributed by atoms with Crippen molar-refractivity contribution in [2.45, 2.75) is 13.2 Å². The SMILES string of the molecule is Cc1ccc2c(c1)N(C)C(c1ccccc1)O2. The van der Waals surface area contributed by atoms with Crippen LogP contribution in [0.4, 0.5) is 5.69 Å². The molecule has 0 saturated heterocycles. The number of fused-ring (bicyclic) bond motifs is 1. The van der Waals surface area contributed by atoms with Crippen LogP contribution in [0.25, 0.3) is 0 Å². The second-order valence-corrected chi connectivity index (χ2v) is 4.46. The maximum absolute atomic E-state index is 5.99. The minimum atomic E-state index is -0.00648. The van der Waals surface area contributed by atoms with Gasteiger partial charge in [0, 0.05) is 12.6 Å². The zero-order chi connectivity index (χ0) is 11.8. The number of nitrogens with zero attached hydrogens (tertiary/aromatic N) is 1. The zero-order valence-corrected chi connectivity index (χ0v) is 10.1. The van der Waals surface area contributed by atoms with Crippen LogP contribution in [-0.2, 0) is 0 Å². The van der Waals surface area contributed by atoms with Gasteiger partial charge in [-0.1, -0.05) is 36.4 Å². The largest absolute Gasteiger partial charge is 0.464 e. The molecule has 0 N–H and O–H groups in total. The number of aryl methyl sites for hydroxylation is 1. The predicted octanol–water partition coefficient (Wildman–Crippen LogP) is 3.52. The lowest BCUT2D eigenvalue weighted by Gasteiger charge is -2.20. The summed E-state index contributed by atoms with van der Waals surface area (Å²) in [5.41, 5.74) is 3.61. The van der Waals surface area contributed by atoms with Crippen molar-refractivity contribution in [3.8, 4) is 5.75 Å². The standard InChI is InChI=1S/C15H15NO/c1-11-8-9-14-13(10-11)16(2)15(17-14)12-6-4-3-5-7-12/h3-10,15H,1-2H3. The Kier molecular flexibility index (Phi) is 2.29. The number of benzene rings is 2. The van der Waals surface area contributed by atoms with E-state index in [1.54, 1.807) is 0 Å². The third kappa shape index (κ3) is 1.66. The van der Waals surface area contributed by atoms with Crippen LogP contribution in [0, 0.1) is 6.92 Å². The number of hydrogen-bond donors (Lipinski definition) is 0. The van der Waals surface area contributed by atoms with E-state index in [9.17, 15) is 0 Å². The quantitative estimate of drug-likeness (QED) is 0.736. The van der Waals surface area contributed by atoms with E-state index in [0.29, 0.717) is 0 Å². The van der Waals surface area contributed by atoms with Crippen LogP contribution in [0.5, 0.6) is 5.75 Å². The molecule has 3 rings (SSSR count). The minimum Gasteiger partial charge on any atom is -0.464 e. The lowest BCUT2D eigenvalue weighted by atomic mass is 10.2. The van der Waals surface area contributed by atoms with Crippen molar-refractivity contribution in [1.82, 2.24) is 0 Å². The highest BCUT2D eigenvalue weighted by Gasteiger charge is 2.28. The van der Waals surface area contributed by atoms with Gasteiger partial charge in [-0.25, -0.2) is 0 Å². The van der Waals surface area contributed by atoms with E-state index >= 15 is 0 Å². The molecule has 0 radical (unpaired) electrons. The van der Waals surface area contributed by atoms with Crippen molar-refractivity contribution >= 4 is 5.69 Å². The summed E-state index contributed by atoms with van der Waals surface area (Å²) in [6.45, 7) is 2.10. The molecule has 1 aliphatic heterocycles. The molecule has 86 valence electrons. The molecule has 0 amide bonds. The highest BCUT2D eigenvalue weighted by Crippen LogP contribution is 2.42. The van der Waals surface area contributed by atoms with E-state index in [0.717, 1.165) is 5.75 Å². The lowest BCUT2D eigenvalue weighted by Crippen LogP contribution is -2.22. The molecule has 1 unspecified atom stereocenters. The summed E-state index contributed by atoms with van der Waals surface area (Å²) in [4.78, 5) is 2.18. The molecule has 2 nitrogen and oxygen atoms in total. The van der Waals surface area contributed by atoms with Crippen LogP contribution >= 0.6 is 0 Å². The van der Waals surface area contributed by atoms with Gasteiger partial charge in [0.25, 0.3) is 0 Å². The Hall–Kier alpha value is -1.96. The molecule has 17 heavy (non-hydrogen) atoms. The smallest absolute Gasteiger partial charge is 0.198 e. The first-order valence-electron chi connectivity index (χ1n) is 5.81. The number of anilines is 1. The maximum atomic E-state index is 5.99. The highest BCUT2D eigenvalue weighted by molar-refractivity contribution is 5.63. The molecule has 2 aromatic carbocycles.